The van der Waals surface area contributed by atoms with Gasteiger partial charge >= 0.3 is 6.09 Å². The maximum atomic E-state index is 12.1. The number of rotatable bonds is 4. The summed E-state index contributed by atoms with van der Waals surface area (Å²) in [4.78, 5) is 25.7. The number of hydrogen-bond donors (Lipinski definition) is 0. The van der Waals surface area contributed by atoms with Crippen LogP contribution in [-0.4, -0.2) is 60.0 Å². The molecule has 2 aliphatic rings. The van der Waals surface area contributed by atoms with Crippen LogP contribution in [-0.2, 0) is 11.2 Å². The smallest absolute Gasteiger partial charge is 0.410 e. The molecule has 3 aromatic rings. The number of carbonyl (C=O) groups is 1. The molecule has 0 N–H and O–H groups in total. The highest BCUT2D eigenvalue weighted by Gasteiger charge is 2.27. The number of anilines is 1. The molecule has 1 aliphatic heterocycles. The molecule has 2 heterocycles. The average molecular weight is 472 g/mol. The molecule has 0 bridgehead atoms. The molecule has 1 aromatic heterocycles. The van der Waals surface area contributed by atoms with E-state index in [-0.39, 0.29) is 6.61 Å². The predicted octanol–water partition coefficient (Wildman–Crippen LogP) is 4.62. The van der Waals surface area contributed by atoms with Crippen LogP contribution in [0.3, 0.4) is 0 Å². The summed E-state index contributed by atoms with van der Waals surface area (Å²) in [6.45, 7) is 2.18. The molecule has 0 unspecified atom stereocenters. The number of allylic oxidation sites excluding steroid dienone is 1. The third-order valence-electron chi connectivity index (χ3n) is 6.37. The van der Waals surface area contributed by atoms with E-state index in [2.05, 4.69) is 53.4 Å². The Hall–Kier alpha value is -3.57. The summed E-state index contributed by atoms with van der Waals surface area (Å²) in [5.41, 5.74) is 4.71. The fourth-order valence-electron chi connectivity index (χ4n) is 4.68. The van der Waals surface area contributed by atoms with Crippen LogP contribution < -0.4 is 4.90 Å². The molecule has 34 heavy (non-hydrogen) atoms. The second-order valence-corrected chi connectivity index (χ2v) is 9.05. The molecule has 0 atom stereocenters. The average Bonchev–Trinajstić information content (AvgIpc) is 2.90. The van der Waals surface area contributed by atoms with E-state index in [0.29, 0.717) is 26.2 Å². The lowest BCUT2D eigenvalue weighted by molar-refractivity contribution is 0.111. The van der Waals surface area contributed by atoms with Crippen molar-refractivity contribution in [3.8, 4) is 6.07 Å². The van der Waals surface area contributed by atoms with Crippen molar-refractivity contribution in [2.75, 3.05) is 43.9 Å². The van der Waals surface area contributed by atoms with Crippen LogP contribution >= 0.6 is 11.8 Å². The van der Waals surface area contributed by atoms with Crippen molar-refractivity contribution in [3.05, 3.63) is 59.3 Å². The molecular formula is C26H25N5O2S. The van der Waals surface area contributed by atoms with E-state index in [9.17, 15) is 4.79 Å². The number of fused-ring (bicyclic) bond motifs is 2. The van der Waals surface area contributed by atoms with Crippen LogP contribution in [0, 0.1) is 11.3 Å². The fraction of sp³-hybridized carbons (Fsp3) is 0.308. The van der Waals surface area contributed by atoms with E-state index in [1.807, 2.05) is 12.3 Å². The van der Waals surface area contributed by atoms with Crippen molar-refractivity contribution >= 4 is 46.1 Å². The third kappa shape index (κ3) is 4.31. The Balaban J connectivity index is 1.44. The van der Waals surface area contributed by atoms with E-state index < -0.39 is 6.09 Å². The van der Waals surface area contributed by atoms with Gasteiger partial charge in [0, 0.05) is 31.7 Å². The number of nitrogens with zero attached hydrogens (tertiary/aromatic N) is 5. The van der Waals surface area contributed by atoms with Gasteiger partial charge in [0.25, 0.3) is 0 Å². The number of aromatic nitrogens is 2. The van der Waals surface area contributed by atoms with E-state index in [1.54, 1.807) is 16.7 Å². The fourth-order valence-corrected chi connectivity index (χ4v) is 5.05. The zero-order chi connectivity index (χ0) is 23.5. The third-order valence-corrected chi connectivity index (χ3v) is 6.92. The summed E-state index contributed by atoms with van der Waals surface area (Å²) in [5, 5.41) is 11.9. The first-order valence-electron chi connectivity index (χ1n) is 11.3. The number of amides is 1. The normalized spacial score (nSPS) is 15.5. The highest BCUT2D eigenvalue weighted by atomic mass is 32.2. The van der Waals surface area contributed by atoms with Crippen molar-refractivity contribution in [2.45, 2.75) is 18.0 Å². The van der Waals surface area contributed by atoms with Crippen molar-refractivity contribution in [3.63, 3.8) is 0 Å². The Morgan fingerprint density at radius 2 is 1.88 bits per heavy atom. The summed E-state index contributed by atoms with van der Waals surface area (Å²) in [7, 11) is 0. The molecule has 0 spiro atoms. The van der Waals surface area contributed by atoms with Gasteiger partial charge < -0.3 is 14.5 Å². The van der Waals surface area contributed by atoms with Gasteiger partial charge in [-0.25, -0.2) is 14.8 Å². The van der Waals surface area contributed by atoms with Gasteiger partial charge in [-0.05, 0) is 47.1 Å². The Labute approximate surface area is 203 Å². The Bertz CT molecular complexity index is 1300. The molecule has 0 radical (unpaired) electrons. The lowest BCUT2D eigenvalue weighted by Crippen LogP contribution is -2.49. The molecule has 8 heteroatoms. The zero-order valence-electron chi connectivity index (χ0n) is 19.0. The van der Waals surface area contributed by atoms with Gasteiger partial charge in [-0.3, -0.25) is 0 Å². The highest BCUT2D eigenvalue weighted by molar-refractivity contribution is 7.98. The van der Waals surface area contributed by atoms with Gasteiger partial charge in [0.1, 0.15) is 11.9 Å². The molecule has 7 nitrogen and oxygen atoms in total. The lowest BCUT2D eigenvalue weighted by atomic mass is 9.89. The van der Waals surface area contributed by atoms with Gasteiger partial charge in [-0.15, -0.1) is 0 Å². The quantitative estimate of drug-likeness (QED) is 0.406. The first-order chi connectivity index (χ1) is 16.7. The monoisotopic (exact) mass is 471 g/mol. The topological polar surface area (TPSA) is 82.4 Å². The van der Waals surface area contributed by atoms with Crippen molar-refractivity contribution in [2.24, 2.45) is 0 Å². The number of benzene rings is 2. The van der Waals surface area contributed by atoms with Crippen molar-refractivity contribution < 1.29 is 9.53 Å². The molecule has 2 aromatic carbocycles. The maximum Gasteiger partial charge on any atom is 0.410 e. The molecular weight excluding hydrogens is 446 g/mol. The number of thioether (sulfide) groups is 1. The Kier molecular flexibility index (Phi) is 6.37. The number of nitriles is 1. The van der Waals surface area contributed by atoms with Gasteiger partial charge in [0.2, 0.25) is 0 Å². The minimum absolute atomic E-state index is 0.221. The lowest BCUT2D eigenvalue weighted by Gasteiger charge is -2.36. The van der Waals surface area contributed by atoms with Gasteiger partial charge in [-0.2, -0.15) is 5.26 Å². The minimum atomic E-state index is -0.432. The van der Waals surface area contributed by atoms with Crippen LogP contribution in [0.25, 0.3) is 22.4 Å². The zero-order valence-corrected chi connectivity index (χ0v) is 19.8. The van der Waals surface area contributed by atoms with Crippen LogP contribution in [0.15, 0.2) is 47.6 Å². The maximum absolute atomic E-state index is 12.1. The van der Waals surface area contributed by atoms with Gasteiger partial charge in [0.15, 0.2) is 11.8 Å². The first kappa shape index (κ1) is 22.2. The van der Waals surface area contributed by atoms with Crippen LogP contribution in [0.5, 0.6) is 0 Å². The van der Waals surface area contributed by atoms with Gasteiger partial charge in [0.05, 0.1) is 5.69 Å². The summed E-state index contributed by atoms with van der Waals surface area (Å²) in [6.07, 6.45) is 5.58. The standard InChI is InChI=1S/C26H25N5O2S/c1-34-25-28-23-17-19(21-8-4-6-18-5-2-3-7-20(18)21)9-10-22(23)24(29-25)30-12-14-31(15-13-30)26(32)33-16-11-27/h2-8,17H,9-10,12-16H2,1H3. The summed E-state index contributed by atoms with van der Waals surface area (Å²) < 4.78 is 4.95. The van der Waals surface area contributed by atoms with Crippen LogP contribution in [0.2, 0.25) is 0 Å². The molecule has 1 amide bonds. The largest absolute Gasteiger partial charge is 0.434 e. The van der Waals surface area contributed by atoms with E-state index >= 15 is 0 Å². The summed E-state index contributed by atoms with van der Waals surface area (Å²) in [5.74, 6) is 0.965. The minimum Gasteiger partial charge on any atom is -0.434 e. The second kappa shape index (κ2) is 9.74. The molecule has 1 fully saturated rings. The number of hydrogen-bond acceptors (Lipinski definition) is 7. The number of ether oxygens (including phenoxy) is 1. The van der Waals surface area contributed by atoms with Crippen LogP contribution in [0.4, 0.5) is 10.6 Å². The molecule has 1 aliphatic carbocycles. The van der Waals surface area contributed by atoms with E-state index in [1.165, 1.54) is 27.5 Å². The molecule has 172 valence electrons. The molecule has 0 saturated carbocycles. The molecule has 1 saturated heterocycles. The van der Waals surface area contributed by atoms with Crippen LogP contribution in [0.1, 0.15) is 23.2 Å². The second-order valence-electron chi connectivity index (χ2n) is 8.28. The predicted molar refractivity (Wildman–Crippen MR) is 135 cm³/mol. The summed E-state index contributed by atoms with van der Waals surface area (Å²) in [6, 6.07) is 16.8. The highest BCUT2D eigenvalue weighted by Crippen LogP contribution is 2.37. The first-order valence-corrected chi connectivity index (χ1v) is 12.6. The SMILES string of the molecule is CSc1nc2c(c(N3CCN(C(=O)OCC#N)CC3)n1)CCC(c1cccc3ccccc13)=C2. The number of piperazine rings is 1. The van der Waals surface area contributed by atoms with E-state index in [4.69, 9.17) is 20.0 Å². The summed E-state index contributed by atoms with van der Waals surface area (Å²) >= 11 is 1.54. The Morgan fingerprint density at radius 3 is 2.68 bits per heavy atom. The van der Waals surface area contributed by atoms with Crippen molar-refractivity contribution in [1.82, 2.24) is 14.9 Å². The number of carbonyl (C=O) groups excluding carboxylic acids is 1. The Morgan fingerprint density at radius 1 is 1.09 bits per heavy atom. The van der Waals surface area contributed by atoms with Gasteiger partial charge in [-0.1, -0.05) is 54.2 Å². The van der Waals surface area contributed by atoms with E-state index in [0.717, 1.165) is 29.5 Å². The van der Waals surface area contributed by atoms with Crippen molar-refractivity contribution in [1.29, 1.82) is 5.26 Å². The molecule has 5 rings (SSSR count).